The predicted molar refractivity (Wildman–Crippen MR) is 73.2 cm³/mol. The van der Waals surface area contributed by atoms with Crippen molar-refractivity contribution in [2.45, 2.75) is 57.9 Å². The highest BCUT2D eigenvalue weighted by molar-refractivity contribution is 8.00. The lowest BCUT2D eigenvalue weighted by Gasteiger charge is -2.25. The lowest BCUT2D eigenvalue weighted by atomic mass is 10.0. The summed E-state index contributed by atoms with van der Waals surface area (Å²) < 4.78 is 5.60. The highest BCUT2D eigenvalue weighted by atomic mass is 32.2. The molecule has 1 heterocycles. The fraction of sp³-hybridized carbons (Fsp3) is 1.00. The molecule has 0 spiro atoms. The lowest BCUT2D eigenvalue weighted by Crippen LogP contribution is -2.37. The van der Waals surface area contributed by atoms with E-state index in [1.54, 1.807) is 0 Å². The standard InChI is InChI=1S/C13H27NOS/c1-5-10(3)12(14-6-2)9-16-13-7-8-15-11(13)4/h10-14H,5-9H2,1-4H3. The van der Waals surface area contributed by atoms with Crippen LogP contribution in [0.1, 0.15) is 40.5 Å². The van der Waals surface area contributed by atoms with Crippen molar-refractivity contribution in [3.63, 3.8) is 0 Å². The van der Waals surface area contributed by atoms with Gasteiger partial charge in [0.1, 0.15) is 0 Å². The van der Waals surface area contributed by atoms with Gasteiger partial charge in [-0.1, -0.05) is 27.2 Å². The van der Waals surface area contributed by atoms with Gasteiger partial charge in [-0.15, -0.1) is 0 Å². The molecule has 1 aliphatic heterocycles. The summed E-state index contributed by atoms with van der Waals surface area (Å²) in [4.78, 5) is 0. The second kappa shape index (κ2) is 7.57. The molecular formula is C13H27NOS. The predicted octanol–water partition coefficient (Wildman–Crippen LogP) is 2.92. The molecule has 96 valence electrons. The molecule has 1 N–H and O–H groups in total. The normalized spacial score (nSPS) is 29.2. The van der Waals surface area contributed by atoms with Gasteiger partial charge in [0.25, 0.3) is 0 Å². The third-order valence-corrected chi connectivity index (χ3v) is 5.19. The molecule has 0 aromatic carbocycles. The van der Waals surface area contributed by atoms with Crippen LogP contribution in [0, 0.1) is 5.92 Å². The van der Waals surface area contributed by atoms with Crippen molar-refractivity contribution in [1.29, 1.82) is 0 Å². The lowest BCUT2D eigenvalue weighted by molar-refractivity contribution is 0.127. The minimum atomic E-state index is 0.448. The highest BCUT2D eigenvalue weighted by Crippen LogP contribution is 2.28. The van der Waals surface area contributed by atoms with E-state index in [1.807, 2.05) is 0 Å². The quantitative estimate of drug-likeness (QED) is 0.745. The summed E-state index contributed by atoms with van der Waals surface area (Å²) in [6.45, 7) is 11.1. The molecule has 1 fully saturated rings. The van der Waals surface area contributed by atoms with Gasteiger partial charge in [-0.3, -0.25) is 0 Å². The number of hydrogen-bond donors (Lipinski definition) is 1. The molecule has 0 saturated carbocycles. The first-order valence-electron chi connectivity index (χ1n) is 6.65. The van der Waals surface area contributed by atoms with E-state index in [2.05, 4.69) is 44.8 Å². The van der Waals surface area contributed by atoms with Gasteiger partial charge in [-0.2, -0.15) is 11.8 Å². The molecule has 0 radical (unpaired) electrons. The van der Waals surface area contributed by atoms with Gasteiger partial charge >= 0.3 is 0 Å². The van der Waals surface area contributed by atoms with Crippen LogP contribution < -0.4 is 5.32 Å². The number of hydrogen-bond acceptors (Lipinski definition) is 3. The maximum Gasteiger partial charge on any atom is 0.0666 e. The number of nitrogens with one attached hydrogen (secondary N) is 1. The van der Waals surface area contributed by atoms with Gasteiger partial charge in [-0.05, 0) is 25.8 Å². The molecule has 0 aliphatic carbocycles. The van der Waals surface area contributed by atoms with Crippen molar-refractivity contribution in [2.24, 2.45) is 5.92 Å². The van der Waals surface area contributed by atoms with E-state index >= 15 is 0 Å². The van der Waals surface area contributed by atoms with Gasteiger partial charge in [0.15, 0.2) is 0 Å². The summed E-state index contributed by atoms with van der Waals surface area (Å²) in [5, 5.41) is 4.32. The molecule has 16 heavy (non-hydrogen) atoms. The van der Waals surface area contributed by atoms with Crippen LogP contribution in [0.3, 0.4) is 0 Å². The molecule has 4 atom stereocenters. The summed E-state index contributed by atoms with van der Waals surface area (Å²) in [6, 6.07) is 0.660. The molecule has 1 rings (SSSR count). The van der Waals surface area contributed by atoms with Crippen molar-refractivity contribution < 1.29 is 4.74 Å². The Labute approximate surface area is 105 Å². The summed E-state index contributed by atoms with van der Waals surface area (Å²) in [7, 11) is 0. The number of thioether (sulfide) groups is 1. The number of ether oxygens (including phenoxy) is 1. The van der Waals surface area contributed by atoms with Crippen LogP contribution in [0.4, 0.5) is 0 Å². The highest BCUT2D eigenvalue weighted by Gasteiger charge is 2.26. The average molecular weight is 245 g/mol. The monoisotopic (exact) mass is 245 g/mol. The first-order chi connectivity index (χ1) is 7.69. The molecule has 0 aromatic heterocycles. The largest absolute Gasteiger partial charge is 0.377 e. The van der Waals surface area contributed by atoms with E-state index in [0.717, 1.165) is 19.1 Å². The van der Waals surface area contributed by atoms with Crippen LogP contribution in [0.15, 0.2) is 0 Å². The zero-order chi connectivity index (χ0) is 12.0. The van der Waals surface area contributed by atoms with Crippen molar-refractivity contribution in [3.8, 4) is 0 Å². The Kier molecular flexibility index (Phi) is 6.78. The van der Waals surface area contributed by atoms with Crippen LogP contribution in [0.5, 0.6) is 0 Å². The fourth-order valence-corrected chi connectivity index (χ4v) is 3.64. The van der Waals surface area contributed by atoms with E-state index in [4.69, 9.17) is 4.74 Å². The number of rotatable bonds is 7. The SMILES string of the molecule is CCNC(CSC1CCOC1C)C(C)CC. The van der Waals surface area contributed by atoms with Gasteiger partial charge < -0.3 is 10.1 Å². The van der Waals surface area contributed by atoms with Crippen molar-refractivity contribution in [1.82, 2.24) is 5.32 Å². The van der Waals surface area contributed by atoms with E-state index in [0.29, 0.717) is 17.4 Å². The van der Waals surface area contributed by atoms with Crippen molar-refractivity contribution in [3.05, 3.63) is 0 Å². The third kappa shape index (κ3) is 4.27. The van der Waals surface area contributed by atoms with Crippen LogP contribution in [0.25, 0.3) is 0 Å². The van der Waals surface area contributed by atoms with Gasteiger partial charge in [-0.25, -0.2) is 0 Å². The summed E-state index contributed by atoms with van der Waals surface area (Å²) in [5.74, 6) is 1.99. The maximum atomic E-state index is 5.60. The van der Waals surface area contributed by atoms with E-state index in [9.17, 15) is 0 Å². The fourth-order valence-electron chi connectivity index (χ4n) is 2.13. The first-order valence-corrected chi connectivity index (χ1v) is 7.70. The molecule has 1 saturated heterocycles. The molecule has 0 amide bonds. The van der Waals surface area contributed by atoms with Gasteiger partial charge in [0.2, 0.25) is 0 Å². The minimum absolute atomic E-state index is 0.448. The molecule has 2 nitrogen and oxygen atoms in total. The summed E-state index contributed by atoms with van der Waals surface area (Å²) >= 11 is 2.10. The smallest absolute Gasteiger partial charge is 0.0666 e. The zero-order valence-electron chi connectivity index (χ0n) is 11.2. The average Bonchev–Trinajstić information content (AvgIpc) is 2.69. The van der Waals surface area contributed by atoms with E-state index in [1.165, 1.54) is 18.6 Å². The molecule has 0 bridgehead atoms. The first kappa shape index (κ1) is 14.3. The van der Waals surface area contributed by atoms with Crippen LogP contribution in [0.2, 0.25) is 0 Å². The van der Waals surface area contributed by atoms with Crippen molar-refractivity contribution in [2.75, 3.05) is 18.9 Å². The Morgan fingerprint density at radius 2 is 2.19 bits per heavy atom. The van der Waals surface area contributed by atoms with Gasteiger partial charge in [0.05, 0.1) is 6.10 Å². The molecule has 1 aliphatic rings. The van der Waals surface area contributed by atoms with Crippen LogP contribution >= 0.6 is 11.8 Å². The Morgan fingerprint density at radius 1 is 1.44 bits per heavy atom. The summed E-state index contributed by atoms with van der Waals surface area (Å²) in [5.41, 5.74) is 0. The molecule has 3 heteroatoms. The second-order valence-corrected chi connectivity index (χ2v) is 6.06. The molecule has 0 aromatic rings. The van der Waals surface area contributed by atoms with Gasteiger partial charge in [0, 0.05) is 23.7 Å². The molecular weight excluding hydrogens is 218 g/mol. The Morgan fingerprint density at radius 3 is 2.69 bits per heavy atom. The van der Waals surface area contributed by atoms with E-state index < -0.39 is 0 Å². The Hall–Kier alpha value is 0.270. The topological polar surface area (TPSA) is 21.3 Å². The van der Waals surface area contributed by atoms with Crippen molar-refractivity contribution >= 4 is 11.8 Å². The minimum Gasteiger partial charge on any atom is -0.377 e. The van der Waals surface area contributed by atoms with E-state index in [-0.39, 0.29) is 0 Å². The summed E-state index contributed by atoms with van der Waals surface area (Å²) in [6.07, 6.45) is 2.93. The Bertz CT molecular complexity index is 189. The zero-order valence-corrected chi connectivity index (χ0v) is 12.0. The Balaban J connectivity index is 2.31. The van der Waals surface area contributed by atoms with Crippen LogP contribution in [-0.2, 0) is 4.74 Å². The maximum absolute atomic E-state index is 5.60. The third-order valence-electron chi connectivity index (χ3n) is 3.59. The molecule has 4 unspecified atom stereocenters. The second-order valence-electron chi connectivity index (χ2n) is 4.79. The van der Waals surface area contributed by atoms with Crippen LogP contribution in [-0.4, -0.2) is 36.3 Å².